The summed E-state index contributed by atoms with van der Waals surface area (Å²) in [4.78, 5) is 11.2. The van der Waals surface area contributed by atoms with Crippen LogP contribution in [0.5, 0.6) is 0 Å². The SMILES string of the molecule is Cc1cccc2c(C(C)(C)C(=O)O)onc12. The molecular weight excluding hydrogens is 206 g/mol. The van der Waals surface area contributed by atoms with Gasteiger partial charge in [-0.2, -0.15) is 0 Å². The molecule has 16 heavy (non-hydrogen) atoms. The van der Waals surface area contributed by atoms with Crippen molar-refractivity contribution in [2.45, 2.75) is 26.2 Å². The number of aryl methyl sites for hydroxylation is 1. The van der Waals surface area contributed by atoms with Gasteiger partial charge in [0.05, 0.1) is 0 Å². The Hall–Kier alpha value is -1.84. The van der Waals surface area contributed by atoms with Gasteiger partial charge in [-0.1, -0.05) is 17.3 Å². The Morgan fingerprint density at radius 3 is 2.75 bits per heavy atom. The molecule has 0 atom stereocenters. The molecule has 4 nitrogen and oxygen atoms in total. The second kappa shape index (κ2) is 3.33. The van der Waals surface area contributed by atoms with Gasteiger partial charge in [0.1, 0.15) is 10.9 Å². The lowest BCUT2D eigenvalue weighted by Gasteiger charge is -2.15. The van der Waals surface area contributed by atoms with Crippen LogP contribution in [0.2, 0.25) is 0 Å². The van der Waals surface area contributed by atoms with Gasteiger partial charge in [-0.3, -0.25) is 4.79 Å². The van der Waals surface area contributed by atoms with E-state index in [0.29, 0.717) is 5.76 Å². The molecule has 84 valence electrons. The summed E-state index contributed by atoms with van der Waals surface area (Å²) < 4.78 is 5.19. The standard InChI is InChI=1S/C12H13NO3/c1-7-5-4-6-8-9(7)13-16-10(8)12(2,3)11(14)15/h4-6H,1-3H3,(H,14,15). The van der Waals surface area contributed by atoms with E-state index in [9.17, 15) is 4.79 Å². The van der Waals surface area contributed by atoms with Crippen LogP contribution in [0, 0.1) is 6.92 Å². The van der Waals surface area contributed by atoms with Gasteiger partial charge in [-0.15, -0.1) is 0 Å². The average Bonchev–Trinajstić information content (AvgIpc) is 2.63. The van der Waals surface area contributed by atoms with Gasteiger partial charge in [0.2, 0.25) is 0 Å². The highest BCUT2D eigenvalue weighted by Gasteiger charge is 2.35. The molecule has 4 heteroatoms. The third-order valence-electron chi connectivity index (χ3n) is 2.81. The molecule has 1 aromatic heterocycles. The second-order valence-electron chi connectivity index (χ2n) is 4.41. The minimum absolute atomic E-state index is 0.402. The molecule has 0 radical (unpaired) electrons. The number of carboxylic acids is 1. The number of benzene rings is 1. The molecule has 1 aromatic carbocycles. The summed E-state index contributed by atoms with van der Waals surface area (Å²) in [6, 6.07) is 5.62. The third-order valence-corrected chi connectivity index (χ3v) is 2.81. The lowest BCUT2D eigenvalue weighted by molar-refractivity contribution is -0.143. The molecular formula is C12H13NO3. The molecule has 0 unspecified atom stereocenters. The molecule has 2 aromatic rings. The predicted octanol–water partition coefficient (Wildman–Crippen LogP) is 2.50. The van der Waals surface area contributed by atoms with Crippen molar-refractivity contribution in [3.63, 3.8) is 0 Å². The van der Waals surface area contributed by atoms with Gasteiger partial charge in [0.25, 0.3) is 0 Å². The van der Waals surface area contributed by atoms with E-state index in [2.05, 4.69) is 5.16 Å². The lowest BCUT2D eigenvalue weighted by atomic mass is 9.88. The molecule has 0 aliphatic carbocycles. The minimum Gasteiger partial charge on any atom is -0.481 e. The van der Waals surface area contributed by atoms with Crippen LogP contribution in [0.25, 0.3) is 10.9 Å². The van der Waals surface area contributed by atoms with E-state index in [4.69, 9.17) is 9.63 Å². The fourth-order valence-corrected chi connectivity index (χ4v) is 1.65. The van der Waals surface area contributed by atoms with Crippen molar-refractivity contribution < 1.29 is 14.4 Å². The molecule has 1 N–H and O–H groups in total. The predicted molar refractivity (Wildman–Crippen MR) is 59.4 cm³/mol. The average molecular weight is 219 g/mol. The van der Waals surface area contributed by atoms with Crippen molar-refractivity contribution in [2.24, 2.45) is 0 Å². The van der Waals surface area contributed by atoms with Gasteiger partial charge >= 0.3 is 5.97 Å². The molecule has 0 aliphatic heterocycles. The van der Waals surface area contributed by atoms with Gasteiger partial charge in [-0.25, -0.2) is 0 Å². The van der Waals surface area contributed by atoms with Crippen LogP contribution >= 0.6 is 0 Å². The van der Waals surface area contributed by atoms with Crippen molar-refractivity contribution in [1.82, 2.24) is 5.16 Å². The number of rotatable bonds is 2. The van der Waals surface area contributed by atoms with Crippen molar-refractivity contribution in [2.75, 3.05) is 0 Å². The highest BCUT2D eigenvalue weighted by atomic mass is 16.5. The monoisotopic (exact) mass is 219 g/mol. The summed E-state index contributed by atoms with van der Waals surface area (Å²) in [5.41, 5.74) is 0.642. The van der Waals surface area contributed by atoms with Crippen LogP contribution < -0.4 is 0 Å². The van der Waals surface area contributed by atoms with E-state index in [1.54, 1.807) is 13.8 Å². The summed E-state index contributed by atoms with van der Waals surface area (Å²) >= 11 is 0. The number of hydrogen-bond acceptors (Lipinski definition) is 3. The number of aliphatic carboxylic acids is 1. The van der Waals surface area contributed by atoms with E-state index in [0.717, 1.165) is 16.5 Å². The molecule has 0 amide bonds. The summed E-state index contributed by atoms with van der Waals surface area (Å²) in [7, 11) is 0. The van der Waals surface area contributed by atoms with Crippen molar-refractivity contribution in [1.29, 1.82) is 0 Å². The largest absolute Gasteiger partial charge is 0.481 e. The van der Waals surface area contributed by atoms with Gasteiger partial charge in [-0.05, 0) is 32.4 Å². The van der Waals surface area contributed by atoms with Crippen LogP contribution in [0.15, 0.2) is 22.7 Å². The van der Waals surface area contributed by atoms with Gasteiger partial charge in [0, 0.05) is 5.39 Å². The minimum atomic E-state index is -1.07. The second-order valence-corrected chi connectivity index (χ2v) is 4.41. The zero-order chi connectivity index (χ0) is 11.9. The zero-order valence-electron chi connectivity index (χ0n) is 9.44. The van der Waals surface area contributed by atoms with E-state index >= 15 is 0 Å². The maximum absolute atomic E-state index is 11.2. The van der Waals surface area contributed by atoms with Gasteiger partial charge in [0.15, 0.2) is 5.76 Å². The van der Waals surface area contributed by atoms with Crippen LogP contribution in [-0.2, 0) is 10.2 Å². The fraction of sp³-hybridized carbons (Fsp3) is 0.333. The summed E-state index contributed by atoms with van der Waals surface area (Å²) in [5.74, 6) is -0.522. The Labute approximate surface area is 92.9 Å². The quantitative estimate of drug-likeness (QED) is 0.842. The first-order chi connectivity index (χ1) is 7.44. The first-order valence-corrected chi connectivity index (χ1v) is 5.03. The first-order valence-electron chi connectivity index (χ1n) is 5.03. The molecule has 0 spiro atoms. The maximum Gasteiger partial charge on any atom is 0.316 e. The van der Waals surface area contributed by atoms with E-state index in [1.807, 2.05) is 25.1 Å². The number of aromatic nitrogens is 1. The molecule has 1 heterocycles. The number of hydrogen-bond donors (Lipinski definition) is 1. The lowest BCUT2D eigenvalue weighted by Crippen LogP contribution is -2.28. The van der Waals surface area contributed by atoms with Crippen LogP contribution in [0.4, 0.5) is 0 Å². The molecule has 2 rings (SSSR count). The maximum atomic E-state index is 11.2. The Morgan fingerprint density at radius 2 is 2.12 bits per heavy atom. The normalized spacial score (nSPS) is 11.9. The molecule has 0 bridgehead atoms. The van der Waals surface area contributed by atoms with E-state index in [1.165, 1.54) is 0 Å². The Kier molecular flexibility index (Phi) is 2.22. The number of carbonyl (C=O) groups is 1. The zero-order valence-corrected chi connectivity index (χ0v) is 9.44. The Morgan fingerprint density at radius 1 is 1.44 bits per heavy atom. The summed E-state index contributed by atoms with van der Waals surface area (Å²) in [5, 5.41) is 13.9. The van der Waals surface area contributed by atoms with Crippen molar-refractivity contribution in [3.05, 3.63) is 29.5 Å². The Balaban J connectivity index is 2.72. The smallest absolute Gasteiger partial charge is 0.316 e. The molecule has 0 saturated carbocycles. The molecule has 0 saturated heterocycles. The van der Waals surface area contributed by atoms with Crippen molar-refractivity contribution in [3.8, 4) is 0 Å². The summed E-state index contributed by atoms with van der Waals surface area (Å²) in [6.07, 6.45) is 0. The highest BCUT2D eigenvalue weighted by Crippen LogP contribution is 2.31. The topological polar surface area (TPSA) is 63.3 Å². The molecule has 0 aliphatic rings. The van der Waals surface area contributed by atoms with Crippen LogP contribution in [0.1, 0.15) is 25.2 Å². The van der Waals surface area contributed by atoms with E-state index in [-0.39, 0.29) is 0 Å². The van der Waals surface area contributed by atoms with Gasteiger partial charge < -0.3 is 9.63 Å². The van der Waals surface area contributed by atoms with Crippen molar-refractivity contribution >= 4 is 16.9 Å². The number of carboxylic acid groups (broad SMARTS) is 1. The molecule has 0 fully saturated rings. The van der Waals surface area contributed by atoms with Crippen LogP contribution in [0.3, 0.4) is 0 Å². The Bertz CT molecular complexity index is 554. The number of fused-ring (bicyclic) bond motifs is 1. The van der Waals surface area contributed by atoms with E-state index < -0.39 is 11.4 Å². The third kappa shape index (κ3) is 1.38. The number of nitrogens with zero attached hydrogens (tertiary/aromatic N) is 1. The van der Waals surface area contributed by atoms with Crippen LogP contribution in [-0.4, -0.2) is 16.2 Å². The first kappa shape index (κ1) is 10.7. The summed E-state index contributed by atoms with van der Waals surface area (Å²) in [6.45, 7) is 5.14. The fourth-order valence-electron chi connectivity index (χ4n) is 1.65. The highest BCUT2D eigenvalue weighted by molar-refractivity contribution is 5.90.